The molecule has 3 atom stereocenters. The van der Waals surface area contributed by atoms with E-state index in [1.54, 1.807) is 39.0 Å². The predicted octanol–water partition coefficient (Wildman–Crippen LogP) is 5.89. The van der Waals surface area contributed by atoms with E-state index in [0.29, 0.717) is 10.4 Å². The smallest absolute Gasteiger partial charge is 0.309 e. The maximum Gasteiger partial charge on any atom is 0.309 e. The molecule has 1 N–H and O–H groups in total. The van der Waals surface area contributed by atoms with Crippen molar-refractivity contribution in [3.63, 3.8) is 0 Å². The fourth-order valence-electron chi connectivity index (χ4n) is 3.99. The van der Waals surface area contributed by atoms with E-state index in [1.165, 1.54) is 43.6 Å². The molecule has 0 aliphatic heterocycles. The molecule has 184 valence electrons. The molecule has 0 spiro atoms. The first-order valence-corrected chi connectivity index (χ1v) is 11.5. The highest BCUT2D eigenvalue weighted by molar-refractivity contribution is 7.80. The van der Waals surface area contributed by atoms with E-state index in [1.807, 2.05) is 0 Å². The number of hydrogen-bond acceptors (Lipinski definition) is 6. The van der Waals surface area contributed by atoms with Crippen LogP contribution in [0.15, 0.2) is 54.7 Å². The van der Waals surface area contributed by atoms with Crippen molar-refractivity contribution in [2.75, 3.05) is 7.11 Å². The lowest BCUT2D eigenvalue weighted by atomic mass is 9.84. The Hall–Kier alpha value is -3.39. The lowest BCUT2D eigenvalue weighted by molar-refractivity contribution is -0.153. The number of methoxy groups -OCH3 is 1. The first kappa shape index (κ1) is 26.2. The molecule has 3 rings (SSSR count). The van der Waals surface area contributed by atoms with Crippen LogP contribution in [-0.2, 0) is 9.53 Å². The summed E-state index contributed by atoms with van der Waals surface area (Å²) in [4.78, 5) is 17.4. The normalized spacial score (nSPS) is 13.5. The number of aryl methyl sites for hydroxylation is 1. The van der Waals surface area contributed by atoms with Gasteiger partial charge in [0.25, 0.3) is 0 Å². The fourth-order valence-corrected chi connectivity index (χ4v) is 4.39. The topological polar surface area (TPSA) is 68.7 Å². The second-order valence-corrected chi connectivity index (χ2v) is 8.90. The van der Waals surface area contributed by atoms with Gasteiger partial charge in [0.2, 0.25) is 0 Å². The van der Waals surface area contributed by atoms with Crippen LogP contribution in [0.25, 0.3) is 0 Å². The molecule has 1 aromatic heterocycles. The maximum absolute atomic E-state index is 13.7. The van der Waals surface area contributed by atoms with Crippen molar-refractivity contribution in [2.24, 2.45) is 5.92 Å². The number of pyridine rings is 1. The number of rotatable bonds is 9. The van der Waals surface area contributed by atoms with Gasteiger partial charge in [-0.25, -0.2) is 8.78 Å². The fraction of sp³-hybridized carbons (Fsp3) is 0.296. The monoisotopic (exact) mass is 499 g/mol. The van der Waals surface area contributed by atoms with E-state index < -0.39 is 23.9 Å². The van der Waals surface area contributed by atoms with Crippen molar-refractivity contribution in [1.82, 2.24) is 4.98 Å². The summed E-state index contributed by atoms with van der Waals surface area (Å²) in [6, 6.07) is 11.9. The molecule has 3 aromatic rings. The number of benzene rings is 2. The zero-order valence-electron chi connectivity index (χ0n) is 19.9. The Morgan fingerprint density at radius 3 is 2.37 bits per heavy atom. The molecule has 1 heterocycles. The first-order chi connectivity index (χ1) is 16.6. The second-order valence-electron chi connectivity index (χ2n) is 8.41. The number of ether oxygens (including phenoxy) is 2. The molecule has 35 heavy (non-hydrogen) atoms. The average molecular weight is 500 g/mol. The summed E-state index contributed by atoms with van der Waals surface area (Å²) in [7, 11) is 1.42. The molecule has 2 aromatic carbocycles. The van der Waals surface area contributed by atoms with E-state index >= 15 is 0 Å². The van der Waals surface area contributed by atoms with Crippen molar-refractivity contribution in [1.29, 1.82) is 0 Å². The number of aromatic hydroxyl groups is 1. The lowest BCUT2D eigenvalue weighted by Crippen LogP contribution is -2.28. The van der Waals surface area contributed by atoms with Crippen LogP contribution in [0.2, 0.25) is 0 Å². The third-order valence-corrected chi connectivity index (χ3v) is 6.19. The van der Waals surface area contributed by atoms with Gasteiger partial charge in [-0.05, 0) is 61.2 Å². The van der Waals surface area contributed by atoms with Crippen LogP contribution in [0, 0.1) is 24.5 Å². The van der Waals surface area contributed by atoms with Gasteiger partial charge in [-0.15, -0.1) is 0 Å². The summed E-state index contributed by atoms with van der Waals surface area (Å²) in [6.45, 7) is 5.20. The number of thiocarbonyl (C=S) groups is 1. The van der Waals surface area contributed by atoms with Crippen LogP contribution in [-0.4, -0.2) is 34.1 Å². The molecule has 0 aliphatic carbocycles. The summed E-state index contributed by atoms with van der Waals surface area (Å²) in [5, 5.41) is 10.3. The van der Waals surface area contributed by atoms with Crippen molar-refractivity contribution in [3.05, 3.63) is 88.7 Å². The van der Waals surface area contributed by atoms with E-state index in [0.717, 1.165) is 11.1 Å². The highest BCUT2D eigenvalue weighted by atomic mass is 32.1. The van der Waals surface area contributed by atoms with Crippen molar-refractivity contribution >= 4 is 23.1 Å². The zero-order chi connectivity index (χ0) is 25.7. The Morgan fingerprint density at radius 2 is 1.74 bits per heavy atom. The Kier molecular flexibility index (Phi) is 8.51. The number of carbonyl (C=O) groups is 1. The van der Waals surface area contributed by atoms with Gasteiger partial charge in [-0.1, -0.05) is 37.3 Å². The standard InChI is InChI=1S/C27H27F2NO4S/c1-15-13-20(29)9-10-21(15)24(18-5-7-19(28)8-6-18)17(3)34-27(32)16(2)14-23(35)25-26(31)22(33-4)11-12-30-25/h5-13,16-17,24,31H,14H2,1-4H3/t16-,17+,24+/m1/s1. The molecule has 0 bridgehead atoms. The van der Waals surface area contributed by atoms with E-state index in [4.69, 9.17) is 21.7 Å². The molecule has 8 heteroatoms. The van der Waals surface area contributed by atoms with E-state index in [9.17, 15) is 18.7 Å². The number of aromatic nitrogens is 1. The minimum atomic E-state index is -0.642. The number of halogens is 2. The van der Waals surface area contributed by atoms with Crippen LogP contribution in [0.1, 0.15) is 48.6 Å². The zero-order valence-corrected chi connectivity index (χ0v) is 20.7. The van der Waals surface area contributed by atoms with E-state index in [-0.39, 0.29) is 35.2 Å². The van der Waals surface area contributed by atoms with Gasteiger partial charge >= 0.3 is 5.97 Å². The molecular weight excluding hydrogens is 472 g/mol. The summed E-state index contributed by atoms with van der Waals surface area (Å²) >= 11 is 5.41. The maximum atomic E-state index is 13.7. The first-order valence-electron chi connectivity index (χ1n) is 11.1. The van der Waals surface area contributed by atoms with Crippen LogP contribution >= 0.6 is 12.2 Å². The van der Waals surface area contributed by atoms with Crippen LogP contribution < -0.4 is 4.74 Å². The number of nitrogens with zero attached hydrogens (tertiary/aromatic N) is 1. The Bertz CT molecular complexity index is 1220. The van der Waals surface area contributed by atoms with Crippen LogP contribution in [0.3, 0.4) is 0 Å². The summed E-state index contributed by atoms with van der Waals surface area (Å²) < 4.78 is 38.2. The number of carbonyl (C=O) groups excluding carboxylic acids is 1. The van der Waals surface area contributed by atoms with Crippen molar-refractivity contribution in [3.8, 4) is 11.5 Å². The molecule has 0 fully saturated rings. The molecule has 0 aliphatic rings. The number of hydrogen-bond donors (Lipinski definition) is 1. The molecule has 0 unspecified atom stereocenters. The summed E-state index contributed by atoms with van der Waals surface area (Å²) in [6.07, 6.45) is 0.950. The van der Waals surface area contributed by atoms with Gasteiger partial charge in [0.15, 0.2) is 11.5 Å². The lowest BCUT2D eigenvalue weighted by Gasteiger charge is -2.27. The Morgan fingerprint density at radius 1 is 1.09 bits per heavy atom. The summed E-state index contributed by atoms with van der Waals surface area (Å²) in [5.41, 5.74) is 2.37. The molecule has 5 nitrogen and oxygen atoms in total. The molecule has 0 saturated heterocycles. The van der Waals surface area contributed by atoms with Gasteiger partial charge in [0, 0.05) is 23.0 Å². The van der Waals surface area contributed by atoms with Crippen LogP contribution in [0.5, 0.6) is 11.5 Å². The third kappa shape index (κ3) is 6.19. The quantitative estimate of drug-likeness (QED) is 0.225. The predicted molar refractivity (Wildman–Crippen MR) is 133 cm³/mol. The summed E-state index contributed by atoms with van der Waals surface area (Å²) in [5.74, 6) is -2.26. The molecular formula is C27H27F2NO4S. The number of esters is 1. The Labute approximate surface area is 208 Å². The molecule has 0 amide bonds. The Balaban J connectivity index is 1.80. The van der Waals surface area contributed by atoms with Gasteiger partial charge in [0.05, 0.1) is 13.0 Å². The van der Waals surface area contributed by atoms with Gasteiger partial charge in [-0.2, -0.15) is 0 Å². The molecule has 0 radical (unpaired) electrons. The highest BCUT2D eigenvalue weighted by Gasteiger charge is 2.29. The van der Waals surface area contributed by atoms with Gasteiger partial charge in [-0.3, -0.25) is 9.78 Å². The van der Waals surface area contributed by atoms with Gasteiger partial charge < -0.3 is 14.6 Å². The van der Waals surface area contributed by atoms with Gasteiger partial charge in [0.1, 0.15) is 23.4 Å². The second kappa shape index (κ2) is 11.4. The minimum Gasteiger partial charge on any atom is -0.503 e. The molecule has 0 saturated carbocycles. The largest absolute Gasteiger partial charge is 0.503 e. The average Bonchev–Trinajstić information content (AvgIpc) is 2.81. The van der Waals surface area contributed by atoms with Crippen molar-refractivity contribution < 1.29 is 28.2 Å². The van der Waals surface area contributed by atoms with E-state index in [2.05, 4.69) is 4.98 Å². The van der Waals surface area contributed by atoms with Crippen molar-refractivity contribution in [2.45, 2.75) is 39.2 Å². The van der Waals surface area contributed by atoms with Crippen LogP contribution in [0.4, 0.5) is 8.78 Å². The third-order valence-electron chi connectivity index (χ3n) is 5.83. The minimum absolute atomic E-state index is 0.130. The SMILES string of the molecule is COc1ccnc(C(=S)C[C@@H](C)C(=O)O[C@@H](C)[C@@H](c2ccc(F)cc2)c2ccc(F)cc2C)c1O. The highest BCUT2D eigenvalue weighted by Crippen LogP contribution is 2.34.